The van der Waals surface area contributed by atoms with Gasteiger partial charge >= 0.3 is 0 Å². The molecule has 0 unspecified atom stereocenters. The van der Waals surface area contributed by atoms with Gasteiger partial charge in [-0.25, -0.2) is 0 Å². The maximum Gasteiger partial charge on any atom is 0.232 e. The van der Waals surface area contributed by atoms with Crippen LogP contribution in [0, 0.1) is 5.92 Å². The number of piperidine rings is 1. The summed E-state index contributed by atoms with van der Waals surface area (Å²) in [7, 11) is 0. The van der Waals surface area contributed by atoms with Crippen molar-refractivity contribution < 1.29 is 0 Å². The number of aromatic nitrogens is 2. The zero-order valence-corrected chi connectivity index (χ0v) is 19.7. The van der Waals surface area contributed by atoms with Crippen molar-refractivity contribution in [1.29, 1.82) is 0 Å². The molecule has 0 radical (unpaired) electrons. The summed E-state index contributed by atoms with van der Waals surface area (Å²) in [6, 6.07) is 13.3. The molecule has 0 spiro atoms. The van der Waals surface area contributed by atoms with Gasteiger partial charge in [0.15, 0.2) is 5.11 Å². The van der Waals surface area contributed by atoms with E-state index in [0.717, 1.165) is 50.9 Å². The Labute approximate surface area is 196 Å². The van der Waals surface area contributed by atoms with Crippen LogP contribution in [0.25, 0.3) is 0 Å². The highest BCUT2D eigenvalue weighted by molar-refractivity contribution is 7.80. The van der Waals surface area contributed by atoms with E-state index in [1.165, 1.54) is 31.4 Å². The van der Waals surface area contributed by atoms with E-state index in [2.05, 4.69) is 68.7 Å². The lowest BCUT2D eigenvalue weighted by Crippen LogP contribution is -2.47. The molecule has 8 heteroatoms. The van der Waals surface area contributed by atoms with Crippen molar-refractivity contribution in [3.05, 3.63) is 36.4 Å². The first-order valence-electron chi connectivity index (χ1n) is 11.9. The van der Waals surface area contributed by atoms with Crippen molar-refractivity contribution in [3.63, 3.8) is 0 Å². The fraction of sp³-hybridized carbons (Fsp3) is 0.542. The molecule has 2 aromatic rings. The number of thiocarbonyl (C=S) groups is 1. The van der Waals surface area contributed by atoms with Crippen LogP contribution in [0.15, 0.2) is 36.4 Å². The van der Waals surface area contributed by atoms with Gasteiger partial charge in [-0.3, -0.25) is 0 Å². The number of anilines is 4. The second kappa shape index (κ2) is 9.48. The zero-order valence-electron chi connectivity index (χ0n) is 18.8. The van der Waals surface area contributed by atoms with Gasteiger partial charge in [-0.1, -0.05) is 25.1 Å². The van der Waals surface area contributed by atoms with Gasteiger partial charge in [0.1, 0.15) is 11.6 Å². The molecule has 1 saturated carbocycles. The van der Waals surface area contributed by atoms with Crippen molar-refractivity contribution >= 4 is 40.6 Å². The van der Waals surface area contributed by atoms with Crippen LogP contribution in [0.1, 0.15) is 32.6 Å². The second-order valence-electron chi connectivity index (χ2n) is 9.28. The van der Waals surface area contributed by atoms with E-state index in [4.69, 9.17) is 22.2 Å². The fourth-order valence-electron chi connectivity index (χ4n) is 4.58. The number of benzene rings is 1. The average molecular weight is 452 g/mol. The first-order valence-corrected chi connectivity index (χ1v) is 12.3. The molecule has 2 N–H and O–H groups in total. The maximum absolute atomic E-state index is 5.50. The Kier molecular flexibility index (Phi) is 6.30. The number of hydrogen-bond donors (Lipinski definition) is 2. The quantitative estimate of drug-likeness (QED) is 0.670. The van der Waals surface area contributed by atoms with Gasteiger partial charge in [-0.2, -0.15) is 9.97 Å². The van der Waals surface area contributed by atoms with E-state index < -0.39 is 0 Å². The lowest BCUT2D eigenvalue weighted by Gasteiger charge is -2.37. The Bertz CT molecular complexity index is 925. The second-order valence-corrected chi connectivity index (χ2v) is 9.69. The van der Waals surface area contributed by atoms with Crippen molar-refractivity contribution in [2.75, 3.05) is 59.3 Å². The molecule has 7 nitrogen and oxygen atoms in total. The normalized spacial score (nSPS) is 21.4. The average Bonchev–Trinajstić information content (AvgIpc) is 3.63. The summed E-state index contributed by atoms with van der Waals surface area (Å²) in [5, 5.41) is 7.21. The molecule has 1 aromatic heterocycles. The third-order valence-corrected chi connectivity index (χ3v) is 6.76. The Hall–Kier alpha value is -2.61. The summed E-state index contributed by atoms with van der Waals surface area (Å²) >= 11 is 5.50. The van der Waals surface area contributed by atoms with Crippen LogP contribution in [0.3, 0.4) is 0 Å². The van der Waals surface area contributed by atoms with E-state index in [-0.39, 0.29) is 0 Å². The van der Waals surface area contributed by atoms with Crippen molar-refractivity contribution in [2.45, 2.75) is 38.6 Å². The highest BCUT2D eigenvalue weighted by atomic mass is 32.1. The third-order valence-electron chi connectivity index (χ3n) is 6.54. The van der Waals surface area contributed by atoms with Crippen LogP contribution in [0.2, 0.25) is 0 Å². The molecule has 32 heavy (non-hydrogen) atoms. The molecule has 1 aromatic carbocycles. The molecule has 1 atom stereocenters. The molecule has 0 bridgehead atoms. The molecular weight excluding hydrogens is 418 g/mol. The maximum atomic E-state index is 5.50. The lowest BCUT2D eigenvalue weighted by molar-refractivity contribution is 0.444. The molecule has 0 amide bonds. The van der Waals surface area contributed by atoms with Crippen molar-refractivity contribution in [1.82, 2.24) is 15.3 Å². The van der Waals surface area contributed by atoms with Crippen molar-refractivity contribution in [2.24, 2.45) is 5.92 Å². The highest BCUT2D eigenvalue weighted by Gasteiger charge is 2.25. The van der Waals surface area contributed by atoms with Crippen LogP contribution in [0.4, 0.5) is 23.3 Å². The van der Waals surface area contributed by atoms with Crippen LogP contribution < -0.4 is 25.3 Å². The lowest BCUT2D eigenvalue weighted by atomic mass is 10.0. The highest BCUT2D eigenvalue weighted by Crippen LogP contribution is 2.27. The van der Waals surface area contributed by atoms with Crippen molar-refractivity contribution in [3.8, 4) is 0 Å². The molecule has 3 aliphatic rings. The first kappa shape index (κ1) is 21.2. The number of nitrogens with zero attached hydrogens (tertiary/aromatic N) is 5. The van der Waals surface area contributed by atoms with Gasteiger partial charge in [0.05, 0.1) is 0 Å². The molecule has 2 aliphatic heterocycles. The Balaban J connectivity index is 1.33. The van der Waals surface area contributed by atoms with Gasteiger partial charge in [0, 0.05) is 57.1 Å². The van der Waals surface area contributed by atoms with Gasteiger partial charge in [-0.05, 0) is 56.0 Å². The molecule has 3 fully saturated rings. The van der Waals surface area contributed by atoms with Crippen LogP contribution >= 0.6 is 12.2 Å². The van der Waals surface area contributed by atoms with E-state index in [1.54, 1.807) is 0 Å². The number of rotatable bonds is 5. The minimum absolute atomic E-state index is 0.506. The number of piperazine rings is 1. The fourth-order valence-corrected chi connectivity index (χ4v) is 4.84. The van der Waals surface area contributed by atoms with Gasteiger partial charge in [-0.15, -0.1) is 0 Å². The predicted octanol–water partition coefficient (Wildman–Crippen LogP) is 3.49. The van der Waals surface area contributed by atoms with E-state index in [9.17, 15) is 0 Å². The van der Waals surface area contributed by atoms with Gasteiger partial charge < -0.3 is 25.3 Å². The molecule has 2 saturated heterocycles. The van der Waals surface area contributed by atoms with E-state index in [0.29, 0.717) is 23.0 Å². The summed E-state index contributed by atoms with van der Waals surface area (Å²) in [6.07, 6.45) is 4.87. The number of hydrogen-bond acceptors (Lipinski definition) is 6. The van der Waals surface area contributed by atoms with Gasteiger partial charge in [0.25, 0.3) is 0 Å². The predicted molar refractivity (Wildman–Crippen MR) is 136 cm³/mol. The summed E-state index contributed by atoms with van der Waals surface area (Å²) in [4.78, 5) is 16.9. The van der Waals surface area contributed by atoms with Crippen LogP contribution in [-0.2, 0) is 0 Å². The third kappa shape index (κ3) is 5.23. The smallest absolute Gasteiger partial charge is 0.232 e. The Morgan fingerprint density at radius 1 is 0.906 bits per heavy atom. The number of para-hydroxylation sites is 1. The topological polar surface area (TPSA) is 59.6 Å². The minimum atomic E-state index is 0.506. The first-order chi connectivity index (χ1) is 15.6. The van der Waals surface area contributed by atoms with Crippen LogP contribution in [-0.4, -0.2) is 60.4 Å². The molecule has 3 heterocycles. The standard InChI is InChI=1S/C24H33N7S/c1-18-6-5-11-31(17-18)22-16-21(26-23(27-22)28-24(32)25-19-9-10-19)30-14-12-29(13-15-30)20-7-3-2-4-8-20/h2-4,7-8,16,18-19H,5-6,9-15,17H2,1H3,(H2,25,26,27,28,32)/t18-/m0/s1. The largest absolute Gasteiger partial charge is 0.368 e. The molecule has 170 valence electrons. The Morgan fingerprint density at radius 2 is 1.59 bits per heavy atom. The van der Waals surface area contributed by atoms with E-state index >= 15 is 0 Å². The van der Waals surface area contributed by atoms with Gasteiger partial charge in [0.2, 0.25) is 5.95 Å². The Morgan fingerprint density at radius 3 is 2.28 bits per heavy atom. The van der Waals surface area contributed by atoms with Crippen LogP contribution in [0.5, 0.6) is 0 Å². The number of nitrogens with one attached hydrogen (secondary N) is 2. The molecule has 5 rings (SSSR count). The zero-order chi connectivity index (χ0) is 21.9. The summed E-state index contributed by atoms with van der Waals surface area (Å²) < 4.78 is 0. The monoisotopic (exact) mass is 451 g/mol. The molecular formula is C24H33N7S. The SMILES string of the molecule is C[C@H]1CCCN(c2cc(N3CCN(c4ccccc4)CC3)nc(NC(=S)NC3CC3)n2)C1. The minimum Gasteiger partial charge on any atom is -0.368 e. The molecule has 1 aliphatic carbocycles. The summed E-state index contributed by atoms with van der Waals surface area (Å²) in [5.74, 6) is 3.27. The van der Waals surface area contributed by atoms with E-state index in [1.807, 2.05) is 0 Å². The summed E-state index contributed by atoms with van der Waals surface area (Å²) in [6.45, 7) is 8.25. The summed E-state index contributed by atoms with van der Waals surface area (Å²) in [5.41, 5.74) is 1.29.